The van der Waals surface area contributed by atoms with Gasteiger partial charge in [-0.15, -0.1) is 24.2 Å². The molecule has 20 heavy (non-hydrogen) atoms. The molecule has 6 heteroatoms. The molecule has 2 aliphatic heterocycles. The van der Waals surface area contributed by atoms with Crippen molar-refractivity contribution >= 4 is 30.1 Å². The molecule has 1 amide bonds. The fraction of sp³-hybridized carbons (Fsp3) is 0.929. The van der Waals surface area contributed by atoms with Gasteiger partial charge in [0, 0.05) is 25.4 Å². The first-order valence-corrected chi connectivity index (χ1v) is 8.46. The van der Waals surface area contributed by atoms with Crippen LogP contribution in [0.1, 0.15) is 32.6 Å². The highest BCUT2D eigenvalue weighted by Gasteiger charge is 2.34. The molecule has 2 unspecified atom stereocenters. The molecule has 0 bridgehead atoms. The first kappa shape index (κ1) is 18.1. The molecule has 118 valence electrons. The van der Waals surface area contributed by atoms with Crippen molar-refractivity contribution in [2.24, 2.45) is 11.1 Å². The third kappa shape index (κ3) is 5.10. The van der Waals surface area contributed by atoms with Gasteiger partial charge in [0.2, 0.25) is 5.91 Å². The molecule has 2 aliphatic rings. The van der Waals surface area contributed by atoms with E-state index < -0.39 is 0 Å². The Balaban J connectivity index is 0.00000200. The number of hydrogen-bond donors (Lipinski definition) is 1. The van der Waals surface area contributed by atoms with Crippen molar-refractivity contribution in [3.8, 4) is 0 Å². The van der Waals surface area contributed by atoms with E-state index in [1.54, 1.807) is 11.8 Å². The van der Waals surface area contributed by atoms with Gasteiger partial charge in [0.15, 0.2) is 0 Å². The van der Waals surface area contributed by atoms with Crippen molar-refractivity contribution in [2.45, 2.75) is 38.7 Å². The highest BCUT2D eigenvalue weighted by atomic mass is 35.5. The van der Waals surface area contributed by atoms with Crippen LogP contribution in [0.15, 0.2) is 0 Å². The van der Waals surface area contributed by atoms with Gasteiger partial charge in [0.25, 0.3) is 0 Å². The number of ether oxygens (including phenoxy) is 1. The normalized spacial score (nSPS) is 30.1. The average molecular weight is 323 g/mol. The van der Waals surface area contributed by atoms with Crippen molar-refractivity contribution < 1.29 is 9.53 Å². The number of carbonyl (C=O) groups excluding carboxylic acids is 1. The zero-order valence-corrected chi connectivity index (χ0v) is 13.9. The van der Waals surface area contributed by atoms with Crippen molar-refractivity contribution in [2.75, 3.05) is 37.7 Å². The van der Waals surface area contributed by atoms with E-state index in [1.807, 2.05) is 4.90 Å². The van der Waals surface area contributed by atoms with E-state index in [1.165, 1.54) is 12.8 Å². The van der Waals surface area contributed by atoms with Crippen molar-refractivity contribution in [1.82, 2.24) is 4.90 Å². The summed E-state index contributed by atoms with van der Waals surface area (Å²) in [6.07, 6.45) is 4.99. The van der Waals surface area contributed by atoms with Gasteiger partial charge in [-0.1, -0.05) is 6.92 Å². The second-order valence-corrected chi connectivity index (χ2v) is 7.11. The highest BCUT2D eigenvalue weighted by Crippen LogP contribution is 2.29. The second-order valence-electron chi connectivity index (χ2n) is 6.08. The van der Waals surface area contributed by atoms with E-state index in [0.29, 0.717) is 18.4 Å². The summed E-state index contributed by atoms with van der Waals surface area (Å²) in [5.41, 5.74) is 5.90. The molecular formula is C14H27ClN2O2S. The Labute approximate surface area is 132 Å². The quantitative estimate of drug-likeness (QED) is 0.840. The summed E-state index contributed by atoms with van der Waals surface area (Å²) in [5, 5.41) is 0. The number of nitrogens with two attached hydrogens (primary N) is 1. The van der Waals surface area contributed by atoms with E-state index in [4.69, 9.17) is 10.5 Å². The summed E-state index contributed by atoms with van der Waals surface area (Å²) in [5.74, 6) is 1.80. The molecule has 2 heterocycles. The standard InChI is InChI=1S/C14H26N2O2S.ClH/c1-14(10-15)5-6-16(11-14)13(17)9-19-8-12-4-2-3-7-18-12;/h12H,2-11,15H2,1H3;1H. The van der Waals surface area contributed by atoms with Crippen LogP contribution >= 0.6 is 24.2 Å². The Morgan fingerprint density at radius 2 is 2.30 bits per heavy atom. The van der Waals surface area contributed by atoms with Gasteiger partial charge in [0.1, 0.15) is 0 Å². The molecule has 0 aromatic carbocycles. The minimum atomic E-state index is 0. The third-order valence-corrected chi connectivity index (χ3v) is 5.27. The zero-order chi connectivity index (χ0) is 13.7. The van der Waals surface area contributed by atoms with E-state index >= 15 is 0 Å². The Morgan fingerprint density at radius 3 is 2.90 bits per heavy atom. The van der Waals surface area contributed by atoms with Gasteiger partial charge in [0.05, 0.1) is 11.9 Å². The summed E-state index contributed by atoms with van der Waals surface area (Å²) in [4.78, 5) is 14.1. The first-order chi connectivity index (χ1) is 9.13. The largest absolute Gasteiger partial charge is 0.377 e. The molecule has 0 aliphatic carbocycles. The number of hydrogen-bond acceptors (Lipinski definition) is 4. The Morgan fingerprint density at radius 1 is 1.50 bits per heavy atom. The molecule has 0 aromatic heterocycles. The molecule has 2 fully saturated rings. The Hall–Kier alpha value is 0.0300. The molecule has 2 atom stereocenters. The SMILES string of the molecule is CC1(CN)CCN(C(=O)CSCC2CCCCO2)C1.Cl. The summed E-state index contributed by atoms with van der Waals surface area (Å²) in [6.45, 7) is 5.42. The smallest absolute Gasteiger partial charge is 0.232 e. The number of likely N-dealkylation sites (tertiary alicyclic amines) is 1. The van der Waals surface area contributed by atoms with E-state index in [0.717, 1.165) is 38.3 Å². The predicted octanol–water partition coefficient (Wildman–Crippen LogP) is 1.91. The summed E-state index contributed by atoms with van der Waals surface area (Å²) in [7, 11) is 0. The van der Waals surface area contributed by atoms with Crippen LogP contribution < -0.4 is 5.73 Å². The fourth-order valence-corrected chi connectivity index (χ4v) is 3.71. The van der Waals surface area contributed by atoms with Crippen molar-refractivity contribution in [1.29, 1.82) is 0 Å². The number of rotatable bonds is 5. The van der Waals surface area contributed by atoms with Crippen molar-refractivity contribution in [3.05, 3.63) is 0 Å². The van der Waals surface area contributed by atoms with Crippen LogP contribution in [0.2, 0.25) is 0 Å². The lowest BCUT2D eigenvalue weighted by molar-refractivity contribution is -0.127. The van der Waals surface area contributed by atoms with Crippen LogP contribution in [0.3, 0.4) is 0 Å². The minimum Gasteiger partial charge on any atom is -0.377 e. The topological polar surface area (TPSA) is 55.6 Å². The number of amides is 1. The molecule has 0 radical (unpaired) electrons. The maximum Gasteiger partial charge on any atom is 0.232 e. The minimum absolute atomic E-state index is 0. The predicted molar refractivity (Wildman–Crippen MR) is 86.5 cm³/mol. The van der Waals surface area contributed by atoms with Gasteiger partial charge in [-0.05, 0) is 37.6 Å². The molecule has 2 saturated heterocycles. The Bertz CT molecular complexity index is 314. The molecule has 2 N–H and O–H groups in total. The lowest BCUT2D eigenvalue weighted by atomic mass is 9.90. The van der Waals surface area contributed by atoms with E-state index in [-0.39, 0.29) is 23.7 Å². The van der Waals surface area contributed by atoms with E-state index in [9.17, 15) is 4.79 Å². The fourth-order valence-electron chi connectivity index (χ4n) is 2.71. The third-order valence-electron chi connectivity index (χ3n) is 4.21. The monoisotopic (exact) mass is 322 g/mol. The number of thioether (sulfide) groups is 1. The van der Waals surface area contributed by atoms with Crippen LogP contribution in [0.5, 0.6) is 0 Å². The summed E-state index contributed by atoms with van der Waals surface area (Å²) >= 11 is 1.72. The number of halogens is 1. The average Bonchev–Trinajstić information content (AvgIpc) is 2.83. The van der Waals surface area contributed by atoms with Crippen LogP contribution in [-0.4, -0.2) is 54.7 Å². The van der Waals surface area contributed by atoms with Gasteiger partial charge < -0.3 is 15.4 Å². The first-order valence-electron chi connectivity index (χ1n) is 7.30. The molecule has 0 aromatic rings. The van der Waals surface area contributed by atoms with Crippen LogP contribution in [0.25, 0.3) is 0 Å². The summed E-state index contributed by atoms with van der Waals surface area (Å²) in [6, 6.07) is 0. The van der Waals surface area contributed by atoms with Crippen LogP contribution in [0, 0.1) is 5.41 Å². The summed E-state index contributed by atoms with van der Waals surface area (Å²) < 4.78 is 5.67. The molecular weight excluding hydrogens is 296 g/mol. The van der Waals surface area contributed by atoms with E-state index in [2.05, 4.69) is 6.92 Å². The molecule has 2 rings (SSSR count). The second kappa shape index (κ2) is 8.47. The maximum absolute atomic E-state index is 12.1. The highest BCUT2D eigenvalue weighted by molar-refractivity contribution is 7.99. The van der Waals surface area contributed by atoms with Gasteiger partial charge in [-0.3, -0.25) is 4.79 Å². The van der Waals surface area contributed by atoms with Gasteiger partial charge >= 0.3 is 0 Å². The van der Waals surface area contributed by atoms with Crippen molar-refractivity contribution in [3.63, 3.8) is 0 Å². The lowest BCUT2D eigenvalue weighted by Crippen LogP contribution is -2.35. The Kier molecular flexibility index (Phi) is 7.65. The van der Waals surface area contributed by atoms with Gasteiger partial charge in [-0.25, -0.2) is 0 Å². The number of nitrogens with zero attached hydrogens (tertiary/aromatic N) is 1. The maximum atomic E-state index is 12.1. The van der Waals surface area contributed by atoms with Crippen LogP contribution in [0.4, 0.5) is 0 Å². The molecule has 4 nitrogen and oxygen atoms in total. The number of carbonyl (C=O) groups is 1. The molecule has 0 spiro atoms. The lowest BCUT2D eigenvalue weighted by Gasteiger charge is -2.24. The zero-order valence-electron chi connectivity index (χ0n) is 12.3. The molecule has 0 saturated carbocycles. The van der Waals surface area contributed by atoms with Crippen LogP contribution in [-0.2, 0) is 9.53 Å². The van der Waals surface area contributed by atoms with Gasteiger partial charge in [-0.2, -0.15) is 0 Å².